The van der Waals surface area contributed by atoms with Crippen molar-refractivity contribution in [3.63, 3.8) is 0 Å². The Kier molecular flexibility index (Phi) is 5.99. The largest absolute Gasteiger partial charge is 0.451 e. The molecule has 0 saturated carbocycles. The molecule has 0 aliphatic carbocycles. The van der Waals surface area contributed by atoms with E-state index in [1.807, 2.05) is 13.8 Å². The number of carbonyl (C=O) groups is 2. The van der Waals surface area contributed by atoms with Crippen LogP contribution in [0.15, 0.2) is 0 Å². The molecule has 9 nitrogen and oxygen atoms in total. The number of nitro groups is 1. The summed E-state index contributed by atoms with van der Waals surface area (Å²) in [6.07, 6.45) is 2.05. The minimum atomic E-state index is -0.905. The van der Waals surface area contributed by atoms with Gasteiger partial charge in [-0.2, -0.15) is 5.10 Å². The van der Waals surface area contributed by atoms with Crippen LogP contribution in [0.1, 0.15) is 51.4 Å². The van der Waals surface area contributed by atoms with Crippen LogP contribution < -0.4 is 0 Å². The standard InChI is InChI=1S/C17H26N4O5/c1-10-7-6-8-11(2)20(10)17(23)14(5)26-15(22)9-19-13(4)16(21(24)25)12(3)18-19/h10-11,14H,6-9H2,1-5H3/t10-,11+,14-/m0/s1. The number of hydrogen-bond acceptors (Lipinski definition) is 6. The molecule has 1 aliphatic heterocycles. The van der Waals surface area contributed by atoms with Crippen LogP contribution in [0.25, 0.3) is 0 Å². The van der Waals surface area contributed by atoms with E-state index < -0.39 is 17.0 Å². The Hall–Kier alpha value is -2.45. The molecule has 1 aromatic rings. The van der Waals surface area contributed by atoms with Crippen molar-refractivity contribution in [3.05, 3.63) is 21.5 Å². The maximum Gasteiger partial charge on any atom is 0.328 e. The van der Waals surface area contributed by atoms with Gasteiger partial charge in [-0.1, -0.05) is 0 Å². The van der Waals surface area contributed by atoms with Gasteiger partial charge in [0, 0.05) is 12.1 Å². The molecule has 3 atom stereocenters. The second kappa shape index (κ2) is 7.84. The van der Waals surface area contributed by atoms with Gasteiger partial charge >= 0.3 is 11.7 Å². The molecule has 1 saturated heterocycles. The van der Waals surface area contributed by atoms with Gasteiger partial charge in [-0.3, -0.25) is 24.4 Å². The fourth-order valence-electron chi connectivity index (χ4n) is 3.58. The fourth-order valence-corrected chi connectivity index (χ4v) is 3.58. The van der Waals surface area contributed by atoms with Crippen molar-refractivity contribution in [2.75, 3.05) is 0 Å². The molecule has 1 aromatic heterocycles. The highest BCUT2D eigenvalue weighted by Crippen LogP contribution is 2.24. The number of amides is 1. The smallest absolute Gasteiger partial charge is 0.328 e. The van der Waals surface area contributed by atoms with E-state index in [-0.39, 0.29) is 41.6 Å². The van der Waals surface area contributed by atoms with Crippen LogP contribution in [0, 0.1) is 24.0 Å². The molecule has 1 fully saturated rings. The number of rotatable bonds is 5. The summed E-state index contributed by atoms with van der Waals surface area (Å²) in [5, 5.41) is 15.0. The molecule has 9 heteroatoms. The van der Waals surface area contributed by atoms with Gasteiger partial charge in [0.15, 0.2) is 6.10 Å². The van der Waals surface area contributed by atoms with Crippen molar-refractivity contribution in [1.82, 2.24) is 14.7 Å². The summed E-state index contributed by atoms with van der Waals surface area (Å²) in [7, 11) is 0. The molecule has 0 spiro atoms. The van der Waals surface area contributed by atoms with E-state index in [1.165, 1.54) is 18.5 Å². The van der Waals surface area contributed by atoms with Gasteiger partial charge in [0.1, 0.15) is 17.9 Å². The Balaban J connectivity index is 2.02. The quantitative estimate of drug-likeness (QED) is 0.449. The molecule has 2 heterocycles. The zero-order valence-corrected chi connectivity index (χ0v) is 15.9. The molecular formula is C17H26N4O5. The first-order valence-corrected chi connectivity index (χ1v) is 8.83. The number of nitrogens with zero attached hydrogens (tertiary/aromatic N) is 4. The second-order valence-electron chi connectivity index (χ2n) is 6.94. The number of aromatic nitrogens is 2. The topological polar surface area (TPSA) is 108 Å². The van der Waals surface area contributed by atoms with Crippen molar-refractivity contribution >= 4 is 17.6 Å². The van der Waals surface area contributed by atoms with Crippen LogP contribution in [0.5, 0.6) is 0 Å². The van der Waals surface area contributed by atoms with Crippen molar-refractivity contribution in [1.29, 1.82) is 0 Å². The molecule has 2 rings (SSSR count). The Morgan fingerprint density at radius 1 is 1.31 bits per heavy atom. The maximum absolute atomic E-state index is 12.7. The first kappa shape index (κ1) is 19.9. The maximum atomic E-state index is 12.7. The average molecular weight is 366 g/mol. The lowest BCUT2D eigenvalue weighted by Crippen LogP contribution is -2.51. The van der Waals surface area contributed by atoms with E-state index in [0.29, 0.717) is 0 Å². The van der Waals surface area contributed by atoms with Crippen LogP contribution in [-0.4, -0.2) is 49.7 Å². The molecule has 0 radical (unpaired) electrons. The van der Waals surface area contributed by atoms with Crippen LogP contribution in [0.4, 0.5) is 5.69 Å². The second-order valence-corrected chi connectivity index (χ2v) is 6.94. The first-order valence-electron chi connectivity index (χ1n) is 8.83. The van der Waals surface area contributed by atoms with Gasteiger partial charge in [-0.25, -0.2) is 0 Å². The summed E-state index contributed by atoms with van der Waals surface area (Å²) in [4.78, 5) is 37.1. The van der Waals surface area contributed by atoms with E-state index in [2.05, 4.69) is 5.10 Å². The summed E-state index contributed by atoms with van der Waals surface area (Å²) in [6, 6.07) is 0.233. The van der Waals surface area contributed by atoms with Gasteiger partial charge in [0.05, 0.1) is 4.92 Å². The third kappa shape index (κ3) is 4.03. The number of hydrogen-bond donors (Lipinski definition) is 0. The van der Waals surface area contributed by atoms with Gasteiger partial charge in [-0.15, -0.1) is 0 Å². The molecule has 1 amide bonds. The van der Waals surface area contributed by atoms with E-state index in [9.17, 15) is 19.7 Å². The lowest BCUT2D eigenvalue weighted by Gasteiger charge is -2.40. The predicted octanol–water partition coefficient (Wildman–Crippen LogP) is 2.13. The Morgan fingerprint density at radius 3 is 2.38 bits per heavy atom. The third-order valence-corrected chi connectivity index (χ3v) is 4.91. The Bertz CT molecular complexity index is 704. The molecule has 0 N–H and O–H groups in total. The molecular weight excluding hydrogens is 340 g/mol. The normalized spacial score (nSPS) is 21.3. The highest BCUT2D eigenvalue weighted by atomic mass is 16.6. The number of carbonyl (C=O) groups excluding carboxylic acids is 2. The van der Waals surface area contributed by atoms with Crippen LogP contribution in [0.2, 0.25) is 0 Å². The summed E-state index contributed by atoms with van der Waals surface area (Å²) < 4.78 is 6.51. The van der Waals surface area contributed by atoms with E-state index in [0.717, 1.165) is 19.3 Å². The highest BCUT2D eigenvalue weighted by Gasteiger charge is 2.33. The van der Waals surface area contributed by atoms with Crippen LogP contribution >= 0.6 is 0 Å². The lowest BCUT2D eigenvalue weighted by atomic mass is 9.97. The van der Waals surface area contributed by atoms with E-state index in [4.69, 9.17) is 4.74 Å². The Morgan fingerprint density at radius 2 is 1.88 bits per heavy atom. The molecule has 0 aromatic carbocycles. The number of aryl methyl sites for hydroxylation is 1. The summed E-state index contributed by atoms with van der Waals surface area (Å²) in [5.41, 5.74) is 0.403. The van der Waals surface area contributed by atoms with Gasteiger partial charge in [-0.05, 0) is 53.9 Å². The van der Waals surface area contributed by atoms with Crippen LogP contribution in [0.3, 0.4) is 0 Å². The molecule has 26 heavy (non-hydrogen) atoms. The van der Waals surface area contributed by atoms with Gasteiger partial charge in [0.2, 0.25) is 0 Å². The zero-order chi connectivity index (χ0) is 19.6. The van der Waals surface area contributed by atoms with Crippen molar-refractivity contribution in [2.24, 2.45) is 0 Å². The van der Waals surface area contributed by atoms with Gasteiger partial charge < -0.3 is 9.64 Å². The third-order valence-electron chi connectivity index (χ3n) is 4.91. The monoisotopic (exact) mass is 366 g/mol. The van der Waals surface area contributed by atoms with Crippen LogP contribution in [-0.2, 0) is 20.9 Å². The highest BCUT2D eigenvalue weighted by molar-refractivity contribution is 5.84. The minimum Gasteiger partial charge on any atom is -0.451 e. The molecule has 144 valence electrons. The Labute approximate surface area is 152 Å². The number of likely N-dealkylation sites (tertiary alicyclic amines) is 1. The fraction of sp³-hybridized carbons (Fsp3) is 0.706. The molecule has 0 unspecified atom stereocenters. The van der Waals surface area contributed by atoms with Gasteiger partial charge in [0.25, 0.3) is 5.91 Å². The SMILES string of the molecule is Cc1nn(CC(=O)O[C@@H](C)C(=O)N2[C@H](C)CCC[C@@H]2C)c(C)c1[N+](=O)[O-]. The van der Waals surface area contributed by atoms with E-state index >= 15 is 0 Å². The molecule has 0 bridgehead atoms. The number of piperidine rings is 1. The van der Waals surface area contributed by atoms with E-state index in [1.54, 1.807) is 11.8 Å². The zero-order valence-electron chi connectivity index (χ0n) is 15.9. The summed E-state index contributed by atoms with van der Waals surface area (Å²) in [6.45, 7) is 8.31. The van der Waals surface area contributed by atoms with Crippen molar-refractivity contribution in [2.45, 2.75) is 78.6 Å². The van der Waals surface area contributed by atoms with Crippen molar-refractivity contribution < 1.29 is 19.2 Å². The molecule has 1 aliphatic rings. The van der Waals surface area contributed by atoms with Crippen molar-refractivity contribution in [3.8, 4) is 0 Å². The average Bonchev–Trinajstić information content (AvgIpc) is 2.80. The summed E-state index contributed by atoms with van der Waals surface area (Å²) >= 11 is 0. The predicted molar refractivity (Wildman–Crippen MR) is 93.5 cm³/mol. The number of ether oxygens (including phenoxy) is 1. The first-order chi connectivity index (χ1) is 12.1. The number of esters is 1. The lowest BCUT2D eigenvalue weighted by molar-refractivity contribution is -0.386. The summed E-state index contributed by atoms with van der Waals surface area (Å²) in [5.74, 6) is -0.860. The minimum absolute atomic E-state index is 0.113.